The van der Waals surface area contributed by atoms with E-state index in [0.29, 0.717) is 0 Å². The van der Waals surface area contributed by atoms with E-state index in [0.717, 1.165) is 17.9 Å². The summed E-state index contributed by atoms with van der Waals surface area (Å²) in [5.74, 6) is 0.467. The Labute approximate surface area is 103 Å². The van der Waals surface area contributed by atoms with Gasteiger partial charge in [-0.05, 0) is 42.4 Å². The van der Waals surface area contributed by atoms with Crippen molar-refractivity contribution < 1.29 is 9.53 Å². The van der Waals surface area contributed by atoms with Gasteiger partial charge in [0.25, 0.3) is 0 Å². The van der Waals surface area contributed by atoms with E-state index in [2.05, 4.69) is 25.1 Å². The van der Waals surface area contributed by atoms with Gasteiger partial charge in [0.05, 0.1) is 13.0 Å². The molecule has 0 N–H and O–H groups in total. The molecule has 2 rings (SSSR count). The molecule has 0 unspecified atom stereocenters. The second-order valence-corrected chi connectivity index (χ2v) is 4.96. The molecular weight excluding hydrogens is 212 g/mol. The monoisotopic (exact) mass is 232 g/mol. The first-order chi connectivity index (χ1) is 8.15. The molecule has 92 valence electrons. The highest BCUT2D eigenvalue weighted by molar-refractivity contribution is 5.77. The van der Waals surface area contributed by atoms with Gasteiger partial charge >= 0.3 is 5.97 Å². The number of benzene rings is 1. The second kappa shape index (κ2) is 4.91. The predicted molar refractivity (Wildman–Crippen MR) is 68.1 cm³/mol. The lowest BCUT2D eigenvalue weighted by molar-refractivity contribution is -0.141. The number of hydrogen-bond donors (Lipinski definition) is 0. The Morgan fingerprint density at radius 2 is 2.12 bits per heavy atom. The third-order valence-electron chi connectivity index (χ3n) is 3.88. The summed E-state index contributed by atoms with van der Waals surface area (Å²) in [6.45, 7) is 4.15. The van der Waals surface area contributed by atoms with Gasteiger partial charge in [0.15, 0.2) is 0 Å². The van der Waals surface area contributed by atoms with Crippen LogP contribution in [0.1, 0.15) is 42.9 Å². The molecule has 0 bridgehead atoms. The molecule has 0 aliphatic heterocycles. The van der Waals surface area contributed by atoms with Crippen LogP contribution >= 0.6 is 0 Å². The molecule has 0 saturated carbocycles. The van der Waals surface area contributed by atoms with Crippen molar-refractivity contribution in [3.8, 4) is 0 Å². The summed E-state index contributed by atoms with van der Waals surface area (Å²) in [5.41, 5.74) is 3.95. The van der Waals surface area contributed by atoms with E-state index < -0.39 is 0 Å². The van der Waals surface area contributed by atoms with Gasteiger partial charge in [0.1, 0.15) is 0 Å². The third kappa shape index (κ3) is 2.36. The minimum Gasteiger partial charge on any atom is -0.469 e. The predicted octanol–water partition coefficient (Wildman–Crippen LogP) is 3.09. The maximum atomic E-state index is 11.5. The lowest BCUT2D eigenvalue weighted by Gasteiger charge is -2.11. The van der Waals surface area contributed by atoms with E-state index in [9.17, 15) is 4.79 Å². The van der Waals surface area contributed by atoms with Gasteiger partial charge in [0.2, 0.25) is 0 Å². The van der Waals surface area contributed by atoms with E-state index >= 15 is 0 Å². The number of hydrogen-bond acceptors (Lipinski definition) is 2. The molecule has 0 saturated heterocycles. The third-order valence-corrected chi connectivity index (χ3v) is 3.88. The van der Waals surface area contributed by atoms with Gasteiger partial charge in [-0.25, -0.2) is 0 Å². The number of ether oxygens (including phenoxy) is 1. The van der Waals surface area contributed by atoms with Crippen molar-refractivity contribution in [3.63, 3.8) is 0 Å². The highest BCUT2D eigenvalue weighted by Crippen LogP contribution is 2.31. The molecule has 1 aliphatic carbocycles. The van der Waals surface area contributed by atoms with Crippen LogP contribution in [-0.2, 0) is 22.4 Å². The van der Waals surface area contributed by atoms with E-state index in [1.165, 1.54) is 31.1 Å². The summed E-state index contributed by atoms with van der Waals surface area (Å²) < 4.78 is 4.79. The quantitative estimate of drug-likeness (QED) is 0.749. The minimum absolute atomic E-state index is 0.157. The lowest BCUT2D eigenvalue weighted by atomic mass is 9.97. The lowest BCUT2D eigenvalue weighted by Crippen LogP contribution is -2.11. The maximum Gasteiger partial charge on any atom is 0.312 e. The fourth-order valence-electron chi connectivity index (χ4n) is 2.60. The average Bonchev–Trinajstić information content (AvgIpc) is 2.78. The molecule has 17 heavy (non-hydrogen) atoms. The Kier molecular flexibility index (Phi) is 3.51. The fraction of sp³-hybridized carbons (Fsp3) is 0.533. The molecule has 0 aromatic heterocycles. The molecule has 0 amide bonds. The van der Waals surface area contributed by atoms with Crippen molar-refractivity contribution >= 4 is 5.97 Å². The molecule has 2 nitrogen and oxygen atoms in total. The molecule has 2 heteroatoms. The topological polar surface area (TPSA) is 26.3 Å². The van der Waals surface area contributed by atoms with E-state index in [-0.39, 0.29) is 11.9 Å². The van der Waals surface area contributed by atoms with Gasteiger partial charge in [-0.15, -0.1) is 0 Å². The summed E-state index contributed by atoms with van der Waals surface area (Å²) in [6, 6.07) is 6.44. The molecule has 2 atom stereocenters. The average molecular weight is 232 g/mol. The smallest absolute Gasteiger partial charge is 0.312 e. The van der Waals surface area contributed by atoms with E-state index in [1.54, 1.807) is 0 Å². The summed E-state index contributed by atoms with van der Waals surface area (Å²) in [6.07, 6.45) is 3.59. The zero-order valence-electron chi connectivity index (χ0n) is 10.8. The molecule has 0 spiro atoms. The Hall–Kier alpha value is -1.31. The second-order valence-electron chi connectivity index (χ2n) is 4.96. The van der Waals surface area contributed by atoms with Crippen molar-refractivity contribution in [1.82, 2.24) is 0 Å². The summed E-state index contributed by atoms with van der Waals surface area (Å²) in [4.78, 5) is 11.5. The SMILES string of the molecule is CC[C@@H]1Cc2ccc([C@H](C)C(=O)OC)cc2C1. The number of carbonyl (C=O) groups excluding carboxylic acids is 1. The van der Waals surface area contributed by atoms with Gasteiger partial charge in [-0.1, -0.05) is 31.5 Å². The molecule has 1 aromatic carbocycles. The van der Waals surface area contributed by atoms with Crippen LogP contribution in [0.4, 0.5) is 0 Å². The Balaban J connectivity index is 2.21. The standard InChI is InChI=1S/C15H20O2/c1-4-11-7-13-6-5-12(9-14(13)8-11)10(2)15(16)17-3/h5-6,9-11H,4,7-8H2,1-3H3/t10-,11+/m0/s1. The Morgan fingerprint density at radius 3 is 2.76 bits per heavy atom. The van der Waals surface area contributed by atoms with Crippen molar-refractivity contribution in [2.75, 3.05) is 7.11 Å². The molecule has 0 heterocycles. The first kappa shape index (κ1) is 12.2. The van der Waals surface area contributed by atoms with Gasteiger partial charge in [-0.2, -0.15) is 0 Å². The van der Waals surface area contributed by atoms with Crippen LogP contribution < -0.4 is 0 Å². The van der Waals surface area contributed by atoms with Crippen molar-refractivity contribution in [1.29, 1.82) is 0 Å². The maximum absolute atomic E-state index is 11.5. The zero-order valence-corrected chi connectivity index (χ0v) is 10.8. The highest BCUT2D eigenvalue weighted by Gasteiger charge is 2.22. The van der Waals surface area contributed by atoms with Crippen molar-refractivity contribution in [2.45, 2.75) is 39.0 Å². The number of fused-ring (bicyclic) bond motifs is 1. The zero-order chi connectivity index (χ0) is 12.4. The van der Waals surface area contributed by atoms with Gasteiger partial charge in [0, 0.05) is 0 Å². The molecule has 1 aliphatic rings. The van der Waals surface area contributed by atoms with Crippen LogP contribution in [0.5, 0.6) is 0 Å². The fourth-order valence-corrected chi connectivity index (χ4v) is 2.60. The molecular formula is C15H20O2. The summed E-state index contributed by atoms with van der Waals surface area (Å²) in [5, 5.41) is 0. The number of rotatable bonds is 3. The van der Waals surface area contributed by atoms with Crippen LogP contribution in [0, 0.1) is 5.92 Å². The first-order valence-electron chi connectivity index (χ1n) is 6.35. The van der Waals surface area contributed by atoms with Crippen LogP contribution in [0.2, 0.25) is 0 Å². The van der Waals surface area contributed by atoms with Crippen molar-refractivity contribution in [3.05, 3.63) is 34.9 Å². The largest absolute Gasteiger partial charge is 0.469 e. The van der Waals surface area contributed by atoms with Crippen LogP contribution in [0.25, 0.3) is 0 Å². The van der Waals surface area contributed by atoms with Gasteiger partial charge < -0.3 is 4.74 Å². The number of esters is 1. The minimum atomic E-state index is -0.161. The van der Waals surface area contributed by atoms with Crippen LogP contribution in [-0.4, -0.2) is 13.1 Å². The van der Waals surface area contributed by atoms with E-state index in [4.69, 9.17) is 4.74 Å². The molecule has 1 aromatic rings. The number of methoxy groups -OCH3 is 1. The van der Waals surface area contributed by atoms with Crippen molar-refractivity contribution in [2.24, 2.45) is 5.92 Å². The summed E-state index contributed by atoms with van der Waals surface area (Å²) in [7, 11) is 1.44. The van der Waals surface area contributed by atoms with E-state index in [1.807, 2.05) is 6.92 Å². The Morgan fingerprint density at radius 1 is 1.41 bits per heavy atom. The van der Waals surface area contributed by atoms with Crippen LogP contribution in [0.3, 0.4) is 0 Å². The van der Waals surface area contributed by atoms with Crippen LogP contribution in [0.15, 0.2) is 18.2 Å². The molecule has 0 fully saturated rings. The normalized spacial score (nSPS) is 19.8. The van der Waals surface area contributed by atoms with Gasteiger partial charge in [-0.3, -0.25) is 4.79 Å². The Bertz CT molecular complexity index is 423. The summed E-state index contributed by atoms with van der Waals surface area (Å²) >= 11 is 0. The molecule has 0 radical (unpaired) electrons. The number of carbonyl (C=O) groups is 1. The highest BCUT2D eigenvalue weighted by atomic mass is 16.5. The first-order valence-corrected chi connectivity index (χ1v) is 6.35.